The van der Waals surface area contributed by atoms with E-state index in [0.717, 1.165) is 25.7 Å². The largest absolute Gasteiger partial charge is 0.444 e. The van der Waals surface area contributed by atoms with Gasteiger partial charge in [0.2, 0.25) is 5.91 Å². The molecule has 0 aliphatic carbocycles. The standard InChI is InChI=1S/C20H30N2O3/c1-20(2,3)25-19(24)22-14-8-12-17(22)15-21-18(23)13-7-11-16-9-5-4-6-10-16/h4-6,9-10,17H,7-8,11-15H2,1-3H3,(H,21,23)/t17-/m0/s1. The molecule has 1 fully saturated rings. The first-order valence-electron chi connectivity index (χ1n) is 9.15. The highest BCUT2D eigenvalue weighted by Gasteiger charge is 2.32. The lowest BCUT2D eigenvalue weighted by atomic mass is 10.1. The lowest BCUT2D eigenvalue weighted by Gasteiger charge is -2.28. The van der Waals surface area contributed by atoms with Crippen LogP contribution in [0.3, 0.4) is 0 Å². The van der Waals surface area contributed by atoms with Gasteiger partial charge in [0.05, 0.1) is 6.04 Å². The Morgan fingerprint density at radius 3 is 2.64 bits per heavy atom. The molecule has 1 aliphatic rings. The fourth-order valence-electron chi connectivity index (χ4n) is 3.03. The average Bonchev–Trinajstić information content (AvgIpc) is 3.01. The molecule has 0 radical (unpaired) electrons. The minimum absolute atomic E-state index is 0.0351. The molecule has 2 amide bonds. The Kier molecular flexibility index (Phi) is 6.85. The fourth-order valence-corrected chi connectivity index (χ4v) is 3.03. The molecular weight excluding hydrogens is 316 g/mol. The van der Waals surface area contributed by atoms with Crippen molar-refractivity contribution in [3.8, 4) is 0 Å². The number of ether oxygens (including phenoxy) is 1. The molecule has 25 heavy (non-hydrogen) atoms. The van der Waals surface area contributed by atoms with E-state index < -0.39 is 5.60 Å². The van der Waals surface area contributed by atoms with E-state index in [4.69, 9.17) is 4.74 Å². The number of carbonyl (C=O) groups excluding carboxylic acids is 2. The van der Waals surface area contributed by atoms with Gasteiger partial charge < -0.3 is 15.0 Å². The third-order valence-electron chi connectivity index (χ3n) is 4.25. The van der Waals surface area contributed by atoms with Crippen LogP contribution in [0, 0.1) is 0 Å². The molecule has 2 rings (SSSR count). The number of nitrogens with one attached hydrogen (secondary N) is 1. The summed E-state index contributed by atoms with van der Waals surface area (Å²) >= 11 is 0. The summed E-state index contributed by atoms with van der Waals surface area (Å²) in [7, 11) is 0. The highest BCUT2D eigenvalue weighted by atomic mass is 16.6. The van der Waals surface area contributed by atoms with Crippen molar-refractivity contribution in [2.75, 3.05) is 13.1 Å². The highest BCUT2D eigenvalue weighted by Crippen LogP contribution is 2.20. The predicted octanol–water partition coefficient (Wildman–Crippen LogP) is 3.53. The fraction of sp³-hybridized carbons (Fsp3) is 0.600. The number of nitrogens with zero attached hydrogens (tertiary/aromatic N) is 1. The molecule has 1 N–H and O–H groups in total. The maximum absolute atomic E-state index is 12.2. The minimum atomic E-state index is -0.495. The van der Waals surface area contributed by atoms with E-state index in [1.54, 1.807) is 4.90 Å². The molecule has 5 nitrogen and oxygen atoms in total. The van der Waals surface area contributed by atoms with E-state index >= 15 is 0 Å². The number of aryl methyl sites for hydroxylation is 1. The van der Waals surface area contributed by atoms with Crippen molar-refractivity contribution in [1.29, 1.82) is 0 Å². The number of likely N-dealkylation sites (tertiary alicyclic amines) is 1. The number of hydrogen-bond donors (Lipinski definition) is 1. The molecule has 1 heterocycles. The first-order chi connectivity index (χ1) is 11.8. The number of hydrogen-bond acceptors (Lipinski definition) is 3. The third-order valence-corrected chi connectivity index (χ3v) is 4.25. The van der Waals surface area contributed by atoms with Gasteiger partial charge in [0.1, 0.15) is 5.60 Å². The molecule has 0 saturated carbocycles. The van der Waals surface area contributed by atoms with Crippen LogP contribution in [0.25, 0.3) is 0 Å². The Morgan fingerprint density at radius 2 is 1.96 bits per heavy atom. The summed E-state index contributed by atoms with van der Waals surface area (Å²) in [5, 5.41) is 2.97. The number of carbonyl (C=O) groups is 2. The normalized spacial score (nSPS) is 17.4. The second-order valence-electron chi connectivity index (χ2n) is 7.61. The van der Waals surface area contributed by atoms with Gasteiger partial charge >= 0.3 is 6.09 Å². The van der Waals surface area contributed by atoms with E-state index in [1.165, 1.54) is 5.56 Å². The molecule has 0 spiro atoms. The quantitative estimate of drug-likeness (QED) is 0.857. The van der Waals surface area contributed by atoms with Crippen molar-refractivity contribution in [2.45, 2.75) is 64.5 Å². The van der Waals surface area contributed by atoms with Crippen LogP contribution < -0.4 is 5.32 Å². The molecule has 1 atom stereocenters. The molecule has 1 saturated heterocycles. The van der Waals surface area contributed by atoms with Crippen LogP contribution >= 0.6 is 0 Å². The van der Waals surface area contributed by atoms with Crippen LogP contribution in [0.15, 0.2) is 30.3 Å². The second kappa shape index (κ2) is 8.88. The molecule has 5 heteroatoms. The van der Waals surface area contributed by atoms with Gasteiger partial charge in [0.15, 0.2) is 0 Å². The van der Waals surface area contributed by atoms with Crippen LogP contribution in [-0.2, 0) is 16.0 Å². The van der Waals surface area contributed by atoms with Gasteiger partial charge in [-0.05, 0) is 52.0 Å². The Labute approximate surface area is 150 Å². The summed E-state index contributed by atoms with van der Waals surface area (Å²) in [5.41, 5.74) is 0.757. The van der Waals surface area contributed by atoms with Gasteiger partial charge in [-0.25, -0.2) is 4.79 Å². The Morgan fingerprint density at radius 1 is 1.24 bits per heavy atom. The summed E-state index contributed by atoms with van der Waals surface area (Å²) < 4.78 is 5.45. The van der Waals surface area contributed by atoms with E-state index in [9.17, 15) is 9.59 Å². The van der Waals surface area contributed by atoms with Gasteiger partial charge in [-0.1, -0.05) is 30.3 Å². The number of rotatable bonds is 6. The number of benzene rings is 1. The third kappa shape index (κ3) is 6.77. The smallest absolute Gasteiger partial charge is 0.410 e. The zero-order valence-electron chi connectivity index (χ0n) is 15.6. The van der Waals surface area contributed by atoms with Crippen molar-refractivity contribution in [3.63, 3.8) is 0 Å². The Bertz CT molecular complexity index is 566. The Balaban J connectivity index is 1.70. The minimum Gasteiger partial charge on any atom is -0.444 e. The topological polar surface area (TPSA) is 58.6 Å². The molecule has 138 valence electrons. The summed E-state index contributed by atoms with van der Waals surface area (Å²) in [4.78, 5) is 26.0. The Hall–Kier alpha value is -2.04. The van der Waals surface area contributed by atoms with E-state index in [-0.39, 0.29) is 18.0 Å². The maximum Gasteiger partial charge on any atom is 0.410 e. The van der Waals surface area contributed by atoms with Crippen LogP contribution in [-0.4, -0.2) is 41.6 Å². The molecular formula is C20H30N2O3. The summed E-state index contributed by atoms with van der Waals surface area (Å²) in [6, 6.07) is 10.2. The monoisotopic (exact) mass is 346 g/mol. The van der Waals surface area contributed by atoms with E-state index in [1.807, 2.05) is 39.0 Å². The van der Waals surface area contributed by atoms with Crippen LogP contribution in [0.5, 0.6) is 0 Å². The van der Waals surface area contributed by atoms with Gasteiger partial charge in [0, 0.05) is 19.5 Å². The summed E-state index contributed by atoms with van der Waals surface area (Å²) in [6.07, 6.45) is 3.82. The predicted molar refractivity (Wildman–Crippen MR) is 98.4 cm³/mol. The van der Waals surface area contributed by atoms with E-state index in [0.29, 0.717) is 19.5 Å². The van der Waals surface area contributed by atoms with Crippen molar-refractivity contribution in [1.82, 2.24) is 10.2 Å². The molecule has 1 aromatic carbocycles. The zero-order valence-corrected chi connectivity index (χ0v) is 15.6. The molecule has 0 unspecified atom stereocenters. The molecule has 1 aliphatic heterocycles. The van der Waals surface area contributed by atoms with Gasteiger partial charge in [0.25, 0.3) is 0 Å². The number of amides is 2. The maximum atomic E-state index is 12.2. The van der Waals surface area contributed by atoms with Crippen LogP contribution in [0.4, 0.5) is 4.79 Å². The van der Waals surface area contributed by atoms with Crippen molar-refractivity contribution in [3.05, 3.63) is 35.9 Å². The second-order valence-corrected chi connectivity index (χ2v) is 7.61. The first-order valence-corrected chi connectivity index (χ1v) is 9.15. The molecule has 0 bridgehead atoms. The highest BCUT2D eigenvalue weighted by molar-refractivity contribution is 5.76. The van der Waals surface area contributed by atoms with Crippen LogP contribution in [0.1, 0.15) is 52.0 Å². The van der Waals surface area contributed by atoms with Gasteiger partial charge in [-0.2, -0.15) is 0 Å². The van der Waals surface area contributed by atoms with Crippen molar-refractivity contribution >= 4 is 12.0 Å². The van der Waals surface area contributed by atoms with Crippen molar-refractivity contribution in [2.24, 2.45) is 0 Å². The average molecular weight is 346 g/mol. The SMILES string of the molecule is CC(C)(C)OC(=O)N1CCC[C@H]1CNC(=O)CCCc1ccccc1. The van der Waals surface area contributed by atoms with Crippen LogP contribution in [0.2, 0.25) is 0 Å². The van der Waals surface area contributed by atoms with Gasteiger partial charge in [-0.15, -0.1) is 0 Å². The first kappa shape index (κ1) is 19.3. The molecule has 0 aromatic heterocycles. The van der Waals surface area contributed by atoms with Gasteiger partial charge in [-0.3, -0.25) is 4.79 Å². The zero-order chi connectivity index (χ0) is 18.3. The molecule has 1 aromatic rings. The summed E-state index contributed by atoms with van der Waals surface area (Å²) in [6.45, 7) is 6.80. The lowest BCUT2D eigenvalue weighted by Crippen LogP contribution is -2.45. The van der Waals surface area contributed by atoms with E-state index in [2.05, 4.69) is 17.4 Å². The summed E-state index contributed by atoms with van der Waals surface area (Å²) in [5.74, 6) is 0.0481. The van der Waals surface area contributed by atoms with Crippen molar-refractivity contribution < 1.29 is 14.3 Å². The lowest BCUT2D eigenvalue weighted by molar-refractivity contribution is -0.121.